The molecule has 1 heterocycles. The van der Waals surface area contributed by atoms with Gasteiger partial charge in [-0.25, -0.2) is 0 Å². The molecule has 0 radical (unpaired) electrons. The lowest BCUT2D eigenvalue weighted by Gasteiger charge is -2.31. The van der Waals surface area contributed by atoms with Crippen molar-refractivity contribution in [2.24, 2.45) is 5.73 Å². The zero-order valence-corrected chi connectivity index (χ0v) is 11.7. The number of hydrogen-bond acceptors (Lipinski definition) is 4. The molecule has 0 saturated carbocycles. The van der Waals surface area contributed by atoms with Gasteiger partial charge in [0.2, 0.25) is 0 Å². The highest BCUT2D eigenvalue weighted by Crippen LogP contribution is 2.22. The number of nitrogens with two attached hydrogens (primary N) is 1. The molecule has 112 valence electrons. The molecule has 3 N–H and O–H groups in total. The first kappa shape index (κ1) is 15.0. The first-order chi connectivity index (χ1) is 9.95. The van der Waals surface area contributed by atoms with E-state index >= 15 is 0 Å². The van der Waals surface area contributed by atoms with Crippen LogP contribution in [0.4, 0.5) is 5.69 Å². The summed E-state index contributed by atoms with van der Waals surface area (Å²) in [5.41, 5.74) is 6.59. The third-order valence-corrected chi connectivity index (χ3v) is 3.57. The van der Waals surface area contributed by atoms with Crippen LogP contribution < -0.4 is 10.6 Å². The molecule has 1 aromatic carbocycles. The lowest BCUT2D eigenvalue weighted by Crippen LogP contribution is -2.53. The predicted octanol–water partition coefficient (Wildman–Crippen LogP) is -0.381. The summed E-state index contributed by atoms with van der Waals surface area (Å²) in [6.07, 6.45) is 0. The van der Waals surface area contributed by atoms with E-state index in [1.807, 2.05) is 0 Å². The number of likely N-dealkylation sites (N-methyl/N-ethyl adjacent to an activating group) is 1. The summed E-state index contributed by atoms with van der Waals surface area (Å²) in [5, 5.41) is 9.06. The Balaban J connectivity index is 2.21. The van der Waals surface area contributed by atoms with Gasteiger partial charge in [-0.2, -0.15) is 0 Å². The molecule has 1 unspecified atom stereocenters. The van der Waals surface area contributed by atoms with Crippen molar-refractivity contribution < 1.29 is 19.5 Å². The largest absolute Gasteiger partial charge is 0.481 e. The molecule has 1 aromatic rings. The topological polar surface area (TPSA) is 104 Å². The fourth-order valence-corrected chi connectivity index (χ4v) is 2.24. The number of rotatable bonds is 4. The van der Waals surface area contributed by atoms with Gasteiger partial charge >= 0.3 is 17.8 Å². The van der Waals surface area contributed by atoms with Crippen molar-refractivity contribution in [3.8, 4) is 0 Å². The lowest BCUT2D eigenvalue weighted by atomic mass is 9.99. The summed E-state index contributed by atoms with van der Waals surface area (Å²) in [4.78, 5) is 37.4. The van der Waals surface area contributed by atoms with Crippen LogP contribution in [0.25, 0.3) is 0 Å². The van der Waals surface area contributed by atoms with Gasteiger partial charge in [-0.3, -0.25) is 14.4 Å². The quantitative estimate of drug-likeness (QED) is 0.736. The molecule has 7 nitrogen and oxygen atoms in total. The van der Waals surface area contributed by atoms with Crippen molar-refractivity contribution in [2.75, 3.05) is 31.6 Å². The minimum atomic E-state index is -0.990. The Labute approximate surface area is 121 Å². The molecule has 1 aliphatic rings. The average molecular weight is 291 g/mol. The minimum Gasteiger partial charge on any atom is -0.481 e. The molecule has 21 heavy (non-hydrogen) atoms. The molecule has 1 fully saturated rings. The number of carbonyl (C=O) groups is 3. The number of nitrogens with zero attached hydrogens (tertiary/aromatic N) is 2. The first-order valence-corrected chi connectivity index (χ1v) is 6.55. The van der Waals surface area contributed by atoms with E-state index in [0.29, 0.717) is 24.3 Å². The van der Waals surface area contributed by atoms with Crippen molar-refractivity contribution in [3.05, 3.63) is 29.8 Å². The molecular formula is C14H17N3O4. The Bertz CT molecular complexity index is 570. The van der Waals surface area contributed by atoms with Gasteiger partial charge in [0.05, 0.1) is 5.92 Å². The molecule has 1 atom stereocenters. The summed E-state index contributed by atoms with van der Waals surface area (Å²) >= 11 is 0. The normalized spacial score (nSPS) is 17.0. The van der Waals surface area contributed by atoms with Crippen molar-refractivity contribution in [3.63, 3.8) is 0 Å². The van der Waals surface area contributed by atoms with E-state index in [4.69, 9.17) is 10.8 Å². The minimum absolute atomic E-state index is 0.000601. The van der Waals surface area contributed by atoms with Crippen LogP contribution in [0.2, 0.25) is 0 Å². The number of benzene rings is 1. The second-order valence-corrected chi connectivity index (χ2v) is 4.90. The summed E-state index contributed by atoms with van der Waals surface area (Å²) in [6, 6.07) is 6.52. The Hall–Kier alpha value is -2.41. The van der Waals surface area contributed by atoms with E-state index in [9.17, 15) is 14.4 Å². The number of carboxylic acids is 1. The molecule has 0 bridgehead atoms. The Morgan fingerprint density at radius 3 is 2.38 bits per heavy atom. The van der Waals surface area contributed by atoms with Crippen LogP contribution in [-0.2, 0) is 14.4 Å². The number of hydrogen-bond donors (Lipinski definition) is 2. The van der Waals surface area contributed by atoms with Crippen LogP contribution in [0.15, 0.2) is 24.3 Å². The number of carbonyl (C=O) groups excluding carboxylic acids is 2. The highest BCUT2D eigenvalue weighted by molar-refractivity contribution is 6.40. The first-order valence-electron chi connectivity index (χ1n) is 6.55. The van der Waals surface area contributed by atoms with Gasteiger partial charge < -0.3 is 20.6 Å². The third kappa shape index (κ3) is 2.87. The Kier molecular flexibility index (Phi) is 4.23. The Morgan fingerprint density at radius 2 is 1.86 bits per heavy atom. The number of anilines is 1. The maximum atomic E-state index is 11.9. The average Bonchev–Trinajstić information content (AvgIpc) is 2.46. The standard InChI is InChI=1S/C14H17N3O4/c1-16-6-7-17(13(19)12(16)18)10-4-2-9(3-5-10)11(8-15)14(20)21/h2-5,11H,6-8,15H2,1H3,(H,20,21). The molecule has 0 spiro atoms. The van der Waals surface area contributed by atoms with Gasteiger partial charge in [0.25, 0.3) is 0 Å². The zero-order chi connectivity index (χ0) is 15.6. The van der Waals surface area contributed by atoms with Gasteiger partial charge in [-0.15, -0.1) is 0 Å². The maximum absolute atomic E-state index is 11.9. The molecule has 7 heteroatoms. The van der Waals surface area contributed by atoms with Crippen molar-refractivity contribution in [2.45, 2.75) is 5.92 Å². The van der Waals surface area contributed by atoms with Crippen molar-refractivity contribution >= 4 is 23.5 Å². The van der Waals surface area contributed by atoms with Gasteiger partial charge in [-0.1, -0.05) is 12.1 Å². The van der Waals surface area contributed by atoms with E-state index in [1.54, 1.807) is 31.3 Å². The summed E-state index contributed by atoms with van der Waals surface area (Å²) < 4.78 is 0. The van der Waals surface area contributed by atoms with E-state index in [0.717, 1.165) is 0 Å². The summed E-state index contributed by atoms with van der Waals surface area (Å²) in [6.45, 7) is 0.882. The van der Waals surface area contributed by atoms with Crippen LogP contribution in [0.5, 0.6) is 0 Å². The molecular weight excluding hydrogens is 274 g/mol. The molecule has 1 saturated heterocycles. The van der Waals surface area contributed by atoms with E-state index in [-0.39, 0.29) is 6.54 Å². The molecule has 0 aromatic heterocycles. The van der Waals surface area contributed by atoms with Crippen LogP contribution in [0, 0.1) is 0 Å². The SMILES string of the molecule is CN1CCN(c2ccc(C(CN)C(=O)O)cc2)C(=O)C1=O. The highest BCUT2D eigenvalue weighted by atomic mass is 16.4. The van der Waals surface area contributed by atoms with Crippen molar-refractivity contribution in [1.82, 2.24) is 4.90 Å². The number of amides is 2. The van der Waals surface area contributed by atoms with E-state index in [1.165, 1.54) is 9.80 Å². The van der Waals surface area contributed by atoms with Gasteiger partial charge in [0, 0.05) is 32.4 Å². The number of carboxylic acid groups (broad SMARTS) is 1. The van der Waals surface area contributed by atoms with Crippen LogP contribution in [0.3, 0.4) is 0 Å². The summed E-state index contributed by atoms with van der Waals surface area (Å²) in [7, 11) is 1.58. The zero-order valence-electron chi connectivity index (χ0n) is 11.7. The lowest BCUT2D eigenvalue weighted by molar-refractivity contribution is -0.145. The van der Waals surface area contributed by atoms with Gasteiger partial charge in [-0.05, 0) is 17.7 Å². The van der Waals surface area contributed by atoms with Crippen LogP contribution >= 0.6 is 0 Å². The van der Waals surface area contributed by atoms with Gasteiger partial charge in [0.1, 0.15) is 0 Å². The monoisotopic (exact) mass is 291 g/mol. The molecule has 2 rings (SSSR count). The van der Waals surface area contributed by atoms with Crippen molar-refractivity contribution in [1.29, 1.82) is 0 Å². The fourth-order valence-electron chi connectivity index (χ4n) is 2.24. The fraction of sp³-hybridized carbons (Fsp3) is 0.357. The van der Waals surface area contributed by atoms with E-state index < -0.39 is 23.7 Å². The highest BCUT2D eigenvalue weighted by Gasteiger charge is 2.31. The van der Waals surface area contributed by atoms with E-state index in [2.05, 4.69) is 0 Å². The van der Waals surface area contributed by atoms with Gasteiger partial charge in [0.15, 0.2) is 0 Å². The molecule has 2 amide bonds. The molecule has 0 aliphatic carbocycles. The smallest absolute Gasteiger partial charge is 0.316 e. The molecule has 1 aliphatic heterocycles. The predicted molar refractivity (Wildman–Crippen MR) is 75.9 cm³/mol. The summed E-state index contributed by atoms with van der Waals surface area (Å²) in [5.74, 6) is -2.89. The number of piperazine rings is 1. The van der Waals surface area contributed by atoms with Crippen LogP contribution in [-0.4, -0.2) is 54.5 Å². The maximum Gasteiger partial charge on any atom is 0.316 e. The Morgan fingerprint density at radius 1 is 1.24 bits per heavy atom. The second kappa shape index (κ2) is 5.92. The number of aliphatic carboxylic acids is 1. The second-order valence-electron chi connectivity index (χ2n) is 4.90. The third-order valence-electron chi connectivity index (χ3n) is 3.57. The van der Waals surface area contributed by atoms with Crippen LogP contribution in [0.1, 0.15) is 11.5 Å².